The van der Waals surface area contributed by atoms with Crippen LogP contribution < -0.4 is 5.32 Å². The van der Waals surface area contributed by atoms with Gasteiger partial charge in [-0.3, -0.25) is 9.48 Å². The maximum Gasteiger partial charge on any atom is 0.276 e. The van der Waals surface area contributed by atoms with E-state index in [1.807, 2.05) is 18.2 Å². The summed E-state index contributed by atoms with van der Waals surface area (Å²) < 4.78 is 15.8. The first-order valence-electron chi connectivity index (χ1n) is 7.32. The highest BCUT2D eigenvalue weighted by Crippen LogP contribution is 2.24. The number of anilines is 1. The van der Waals surface area contributed by atoms with E-state index in [1.165, 1.54) is 6.07 Å². The lowest BCUT2D eigenvalue weighted by Crippen LogP contribution is -2.13. The molecule has 0 atom stereocenters. The lowest BCUT2D eigenvalue weighted by atomic mass is 10.1. The van der Waals surface area contributed by atoms with E-state index in [-0.39, 0.29) is 11.7 Å². The standard InChI is InChI=1S/C18H15BrFN3O/c1-11-9-12(7-8-14(11)20)17-10-16(22-23(17)2)18(24)21-15-6-4-3-5-13(15)19/h3-10H,1-2H3,(H,21,24). The lowest BCUT2D eigenvalue weighted by molar-refractivity contribution is 0.102. The molecule has 4 nitrogen and oxygen atoms in total. The van der Waals surface area contributed by atoms with E-state index < -0.39 is 0 Å². The Kier molecular flexibility index (Phi) is 4.49. The highest BCUT2D eigenvalue weighted by atomic mass is 79.9. The van der Waals surface area contributed by atoms with Gasteiger partial charge in [0.05, 0.1) is 11.4 Å². The van der Waals surface area contributed by atoms with Gasteiger partial charge in [-0.25, -0.2) is 4.39 Å². The third-order valence-electron chi connectivity index (χ3n) is 3.69. The summed E-state index contributed by atoms with van der Waals surface area (Å²) in [6.07, 6.45) is 0. The number of nitrogens with one attached hydrogen (secondary N) is 1. The summed E-state index contributed by atoms with van der Waals surface area (Å²) in [6, 6.07) is 13.9. The van der Waals surface area contributed by atoms with Crippen molar-refractivity contribution in [1.82, 2.24) is 9.78 Å². The Morgan fingerprint density at radius 2 is 1.96 bits per heavy atom. The zero-order chi connectivity index (χ0) is 17.3. The Morgan fingerprint density at radius 1 is 1.21 bits per heavy atom. The van der Waals surface area contributed by atoms with Crippen molar-refractivity contribution in [1.29, 1.82) is 0 Å². The van der Waals surface area contributed by atoms with Gasteiger partial charge in [0.1, 0.15) is 5.82 Å². The molecule has 1 amide bonds. The van der Waals surface area contributed by atoms with Crippen LogP contribution in [0.15, 0.2) is 53.0 Å². The molecule has 0 spiro atoms. The number of carbonyl (C=O) groups excluding carboxylic acids is 1. The van der Waals surface area contributed by atoms with Crippen molar-refractivity contribution in [3.8, 4) is 11.3 Å². The van der Waals surface area contributed by atoms with Gasteiger partial charge in [-0.15, -0.1) is 0 Å². The molecule has 1 aromatic heterocycles. The number of hydrogen-bond acceptors (Lipinski definition) is 2. The average molecular weight is 388 g/mol. The Hall–Kier alpha value is -2.47. The van der Waals surface area contributed by atoms with Gasteiger partial charge in [-0.1, -0.05) is 12.1 Å². The van der Waals surface area contributed by atoms with Crippen molar-refractivity contribution in [2.75, 3.05) is 5.32 Å². The number of hydrogen-bond donors (Lipinski definition) is 1. The fourth-order valence-corrected chi connectivity index (χ4v) is 2.79. The van der Waals surface area contributed by atoms with Gasteiger partial charge in [0.15, 0.2) is 5.69 Å². The largest absolute Gasteiger partial charge is 0.320 e. The summed E-state index contributed by atoms with van der Waals surface area (Å²) in [5.74, 6) is -0.560. The molecule has 3 aromatic rings. The normalized spacial score (nSPS) is 10.7. The number of rotatable bonds is 3. The van der Waals surface area contributed by atoms with Crippen molar-refractivity contribution >= 4 is 27.5 Å². The van der Waals surface area contributed by atoms with Gasteiger partial charge in [-0.05, 0) is 64.8 Å². The molecule has 6 heteroatoms. The number of carbonyl (C=O) groups is 1. The van der Waals surface area contributed by atoms with Crippen LogP contribution >= 0.6 is 15.9 Å². The summed E-state index contributed by atoms with van der Waals surface area (Å²) >= 11 is 3.39. The molecule has 0 aliphatic heterocycles. The third kappa shape index (κ3) is 3.23. The van der Waals surface area contributed by atoms with Crippen molar-refractivity contribution in [2.45, 2.75) is 6.92 Å². The van der Waals surface area contributed by atoms with E-state index in [2.05, 4.69) is 26.3 Å². The molecular formula is C18H15BrFN3O. The molecule has 1 N–H and O–H groups in total. The van der Waals surface area contributed by atoms with E-state index in [4.69, 9.17) is 0 Å². The molecule has 24 heavy (non-hydrogen) atoms. The minimum absolute atomic E-state index is 0.257. The minimum atomic E-state index is -0.303. The Morgan fingerprint density at radius 3 is 2.67 bits per heavy atom. The second-order valence-electron chi connectivity index (χ2n) is 5.44. The van der Waals surface area contributed by atoms with Crippen LogP contribution in [0.5, 0.6) is 0 Å². The fourth-order valence-electron chi connectivity index (χ4n) is 2.40. The first-order chi connectivity index (χ1) is 11.5. The average Bonchev–Trinajstić information content (AvgIpc) is 2.94. The first kappa shape index (κ1) is 16.4. The number of aromatic nitrogens is 2. The molecule has 122 valence electrons. The summed E-state index contributed by atoms with van der Waals surface area (Å²) in [5.41, 5.74) is 3.07. The number of amides is 1. The minimum Gasteiger partial charge on any atom is -0.320 e. The van der Waals surface area contributed by atoms with Gasteiger partial charge in [0.2, 0.25) is 0 Å². The Bertz CT molecular complexity index is 920. The number of benzene rings is 2. The molecule has 0 saturated heterocycles. The summed E-state index contributed by atoms with van der Waals surface area (Å²) in [7, 11) is 1.75. The molecule has 0 saturated carbocycles. The molecule has 3 rings (SSSR count). The van der Waals surface area contributed by atoms with E-state index >= 15 is 0 Å². The Balaban J connectivity index is 1.89. The van der Waals surface area contributed by atoms with Crippen molar-refractivity contribution < 1.29 is 9.18 Å². The van der Waals surface area contributed by atoms with Crippen LogP contribution in [-0.2, 0) is 7.05 Å². The highest BCUT2D eigenvalue weighted by Gasteiger charge is 2.15. The van der Waals surface area contributed by atoms with Crippen LogP contribution in [0.3, 0.4) is 0 Å². The van der Waals surface area contributed by atoms with Crippen LogP contribution in [-0.4, -0.2) is 15.7 Å². The van der Waals surface area contributed by atoms with Gasteiger partial charge < -0.3 is 5.32 Å². The van der Waals surface area contributed by atoms with E-state index in [0.29, 0.717) is 16.9 Å². The maximum atomic E-state index is 13.4. The molecular weight excluding hydrogens is 373 g/mol. The molecule has 2 aromatic carbocycles. The molecule has 0 aliphatic rings. The topological polar surface area (TPSA) is 46.9 Å². The monoisotopic (exact) mass is 387 g/mol. The zero-order valence-electron chi connectivity index (χ0n) is 13.2. The first-order valence-corrected chi connectivity index (χ1v) is 8.11. The molecule has 0 unspecified atom stereocenters. The summed E-state index contributed by atoms with van der Waals surface area (Å²) in [4.78, 5) is 12.4. The van der Waals surface area contributed by atoms with Crippen molar-refractivity contribution in [3.63, 3.8) is 0 Å². The summed E-state index contributed by atoms with van der Waals surface area (Å²) in [5, 5.41) is 7.08. The van der Waals surface area contributed by atoms with Crippen molar-refractivity contribution in [2.24, 2.45) is 7.05 Å². The quantitative estimate of drug-likeness (QED) is 0.716. The maximum absolute atomic E-state index is 13.4. The smallest absolute Gasteiger partial charge is 0.276 e. The second-order valence-corrected chi connectivity index (χ2v) is 6.29. The van der Waals surface area contributed by atoms with Gasteiger partial charge >= 0.3 is 0 Å². The zero-order valence-corrected chi connectivity index (χ0v) is 14.8. The number of halogens is 2. The van der Waals surface area contributed by atoms with Crippen LogP contribution in [0, 0.1) is 12.7 Å². The van der Waals surface area contributed by atoms with Crippen LogP contribution in [0.25, 0.3) is 11.3 Å². The lowest BCUT2D eigenvalue weighted by Gasteiger charge is -2.04. The predicted molar refractivity (Wildman–Crippen MR) is 95.4 cm³/mol. The predicted octanol–water partition coefficient (Wildman–Crippen LogP) is 4.55. The SMILES string of the molecule is Cc1cc(-c2cc(C(=O)Nc3ccccc3Br)nn2C)ccc1F. The van der Waals surface area contributed by atoms with Crippen LogP contribution in [0.4, 0.5) is 10.1 Å². The van der Waals surface area contributed by atoms with Gasteiger partial charge in [0, 0.05) is 17.1 Å². The van der Waals surface area contributed by atoms with Gasteiger partial charge in [0.25, 0.3) is 5.91 Å². The Labute approximate surface area is 147 Å². The van der Waals surface area contributed by atoms with E-state index in [1.54, 1.807) is 42.9 Å². The second kappa shape index (κ2) is 6.57. The number of aryl methyl sites for hydroxylation is 2. The van der Waals surface area contributed by atoms with E-state index in [0.717, 1.165) is 15.7 Å². The molecule has 0 bridgehead atoms. The van der Waals surface area contributed by atoms with Crippen molar-refractivity contribution in [3.05, 3.63) is 70.1 Å². The van der Waals surface area contributed by atoms with Crippen LogP contribution in [0.2, 0.25) is 0 Å². The highest BCUT2D eigenvalue weighted by molar-refractivity contribution is 9.10. The van der Waals surface area contributed by atoms with E-state index in [9.17, 15) is 9.18 Å². The third-order valence-corrected chi connectivity index (χ3v) is 4.38. The number of nitrogens with zero attached hydrogens (tertiary/aromatic N) is 2. The van der Waals surface area contributed by atoms with Crippen LogP contribution in [0.1, 0.15) is 16.1 Å². The molecule has 1 heterocycles. The van der Waals surface area contributed by atoms with Gasteiger partial charge in [-0.2, -0.15) is 5.10 Å². The fraction of sp³-hybridized carbons (Fsp3) is 0.111. The molecule has 0 aliphatic carbocycles. The summed E-state index contributed by atoms with van der Waals surface area (Å²) in [6.45, 7) is 1.70. The molecule has 0 radical (unpaired) electrons. The molecule has 0 fully saturated rings. The number of para-hydroxylation sites is 1.